The Kier molecular flexibility index (Phi) is 14.4. The normalized spacial score (nSPS) is 9.00. The molecule has 6 N–H and O–H groups in total. The molecule has 0 aromatic carbocycles. The van der Waals surface area contributed by atoms with Crippen LogP contribution in [-0.4, -0.2) is 40.5 Å². The third-order valence-electron chi connectivity index (χ3n) is 0.739. The maximum atomic E-state index is 8.13. The molecule has 64 valence electrons. The van der Waals surface area contributed by atoms with Gasteiger partial charge in [0, 0.05) is 6.54 Å². The molecule has 6 nitrogen and oxygen atoms in total. The van der Waals surface area contributed by atoms with Crippen molar-refractivity contribution in [1.29, 1.82) is 0 Å². The van der Waals surface area contributed by atoms with E-state index in [0.29, 0.717) is 6.54 Å². The molecule has 10 heavy (non-hydrogen) atoms. The van der Waals surface area contributed by atoms with E-state index in [2.05, 4.69) is 11.2 Å². The molecule has 0 spiro atoms. The second-order valence-electron chi connectivity index (χ2n) is 1.45. The monoisotopic (exact) mass is 153 g/mol. The highest BCUT2D eigenvalue weighted by molar-refractivity contribution is 4.39. The number of nitrogens with two attached hydrogens (primary N) is 1. The zero-order valence-corrected chi connectivity index (χ0v) is 5.99. The average molecular weight is 153 g/mol. The summed E-state index contributed by atoms with van der Waals surface area (Å²) in [7, 11) is 0. The van der Waals surface area contributed by atoms with Crippen LogP contribution in [0.25, 0.3) is 0 Å². The maximum Gasteiger partial charge on any atom is 0.0637 e. The van der Waals surface area contributed by atoms with Gasteiger partial charge in [0.2, 0.25) is 0 Å². The van der Waals surface area contributed by atoms with Crippen molar-refractivity contribution in [3.05, 3.63) is 0 Å². The van der Waals surface area contributed by atoms with Gasteiger partial charge in [0.05, 0.1) is 6.54 Å². The first-order chi connectivity index (χ1) is 4.77. The van der Waals surface area contributed by atoms with Crippen molar-refractivity contribution < 1.29 is 15.6 Å². The molecule has 0 radical (unpaired) electrons. The zero-order chi connectivity index (χ0) is 8.41. The third-order valence-corrected chi connectivity index (χ3v) is 0.739. The number of likely N-dealkylation sites (N-methyl/N-ethyl adjacent to an activating group) is 1. The largest absolute Gasteiger partial charge is 0.320 e. The third kappa shape index (κ3) is 15.7. The second-order valence-corrected chi connectivity index (χ2v) is 1.45. The highest BCUT2D eigenvalue weighted by atomic mass is 16.8. The van der Waals surface area contributed by atoms with Crippen molar-refractivity contribution in [2.75, 3.05) is 19.6 Å². The second kappa shape index (κ2) is 11.5. The van der Waals surface area contributed by atoms with Crippen molar-refractivity contribution in [1.82, 2.24) is 10.5 Å². The fraction of sp³-hybridized carbons (Fsp3) is 1.00. The number of hydrogen-bond acceptors (Lipinski definition) is 6. The average Bonchev–Trinajstić information content (AvgIpc) is 1.92. The van der Waals surface area contributed by atoms with Gasteiger partial charge in [0.1, 0.15) is 0 Å². The first kappa shape index (κ1) is 12.4. The van der Waals surface area contributed by atoms with E-state index in [-0.39, 0.29) is 11.8 Å². The van der Waals surface area contributed by atoms with Crippen LogP contribution in [0.15, 0.2) is 0 Å². The molecule has 0 aliphatic carbocycles. The van der Waals surface area contributed by atoms with Crippen LogP contribution in [0.2, 0.25) is 0 Å². The predicted octanol–water partition coefficient (Wildman–Crippen LogP) is -0.989. The van der Waals surface area contributed by atoms with E-state index in [4.69, 9.17) is 15.6 Å². The van der Waals surface area contributed by atoms with Gasteiger partial charge in [-0.1, -0.05) is 12.2 Å². The molecule has 0 fully saturated rings. The van der Waals surface area contributed by atoms with Crippen LogP contribution in [0, 0.1) is 0 Å². The molecular weight excluding hydrogens is 138 g/mol. The summed E-state index contributed by atoms with van der Waals surface area (Å²) >= 11 is 0. The van der Waals surface area contributed by atoms with Crippen LogP contribution >= 0.6 is 0 Å². The molecule has 0 unspecified atom stereocenters. The summed E-state index contributed by atoms with van der Waals surface area (Å²) in [6.07, 6.45) is 0. The van der Waals surface area contributed by atoms with Crippen molar-refractivity contribution >= 4 is 0 Å². The van der Waals surface area contributed by atoms with Gasteiger partial charge >= 0.3 is 0 Å². The fourth-order valence-electron chi connectivity index (χ4n) is 0.356. The Hall–Kier alpha value is -0.240. The molecule has 0 heterocycles. The molecule has 0 aromatic heterocycles. The minimum atomic E-state index is 0.169. The van der Waals surface area contributed by atoms with E-state index in [0.717, 1.165) is 6.54 Å². The Morgan fingerprint density at radius 3 is 2.20 bits per heavy atom. The van der Waals surface area contributed by atoms with Crippen molar-refractivity contribution in [2.24, 2.45) is 5.90 Å². The van der Waals surface area contributed by atoms with Gasteiger partial charge in [0.25, 0.3) is 0 Å². The Labute approximate surface area is 59.7 Å². The number of hydroxylamine groups is 2. The van der Waals surface area contributed by atoms with Gasteiger partial charge in [-0.05, 0) is 6.54 Å². The molecule has 0 saturated carbocycles. The fourth-order valence-corrected chi connectivity index (χ4v) is 0.356. The molecule has 0 bridgehead atoms. The molecule has 0 aromatic rings. The summed E-state index contributed by atoms with van der Waals surface area (Å²) in [4.78, 5) is 0. The van der Waals surface area contributed by atoms with E-state index in [1.54, 1.807) is 0 Å². The Morgan fingerprint density at radius 1 is 1.40 bits per heavy atom. The van der Waals surface area contributed by atoms with Crippen LogP contribution in [0.5, 0.6) is 0 Å². The lowest BCUT2D eigenvalue weighted by Crippen LogP contribution is -2.26. The highest BCUT2D eigenvalue weighted by Crippen LogP contribution is 1.67. The van der Waals surface area contributed by atoms with Crippen LogP contribution < -0.4 is 11.2 Å². The van der Waals surface area contributed by atoms with Crippen LogP contribution in [0.1, 0.15) is 6.92 Å². The Balaban J connectivity index is 0. The molecular formula is C4H15N3O3. The summed E-state index contributed by atoms with van der Waals surface area (Å²) in [5, 5.41) is 25.8. The number of nitrogens with one attached hydrogen (secondary N) is 1. The summed E-state index contributed by atoms with van der Waals surface area (Å²) in [5.74, 6) is 3.50. The predicted molar refractivity (Wildman–Crippen MR) is 34.8 cm³/mol. The molecule has 0 aliphatic heterocycles. The van der Waals surface area contributed by atoms with E-state index < -0.39 is 0 Å². The lowest BCUT2D eigenvalue weighted by Gasteiger charge is -2.04. The summed E-state index contributed by atoms with van der Waals surface area (Å²) < 4.78 is 0. The first-order valence-electron chi connectivity index (χ1n) is 2.89. The van der Waals surface area contributed by atoms with Gasteiger partial charge in [-0.25, -0.2) is 5.90 Å². The van der Waals surface area contributed by atoms with Crippen LogP contribution in [0.4, 0.5) is 0 Å². The molecule has 6 heteroatoms. The summed E-state index contributed by atoms with van der Waals surface area (Å²) in [6, 6.07) is 0. The van der Waals surface area contributed by atoms with Crippen LogP contribution in [-0.2, 0) is 0 Å². The number of nitrogens with zero attached hydrogens (tertiary/aromatic N) is 1. The molecule has 0 aliphatic rings. The van der Waals surface area contributed by atoms with Gasteiger partial charge < -0.3 is 10.5 Å². The van der Waals surface area contributed by atoms with Crippen molar-refractivity contribution in [3.8, 4) is 0 Å². The molecule has 0 rings (SSSR count). The highest BCUT2D eigenvalue weighted by Gasteiger charge is 1.88. The summed E-state index contributed by atoms with van der Waals surface area (Å²) in [6.45, 7) is 3.66. The summed E-state index contributed by atoms with van der Waals surface area (Å²) in [5.41, 5.74) is 0. The van der Waals surface area contributed by atoms with Gasteiger partial charge in [-0.3, -0.25) is 10.4 Å². The lowest BCUT2D eigenvalue weighted by atomic mass is 10.6. The number of hydrogen-bond donors (Lipinski definition) is 5. The minimum absolute atomic E-state index is 0.169. The molecule has 0 atom stereocenters. The lowest BCUT2D eigenvalue weighted by molar-refractivity contribution is -0.305. The van der Waals surface area contributed by atoms with Crippen molar-refractivity contribution in [3.63, 3.8) is 0 Å². The molecule has 0 amide bonds. The Morgan fingerprint density at radius 2 is 1.90 bits per heavy atom. The minimum Gasteiger partial charge on any atom is -0.320 e. The standard InChI is InChI=1S/C4H12N2O2.H3NO/c1-2-5-3-4-6(7)8;1-2/h5,7-8H,2-4H2,1H3;2H,1H2. The van der Waals surface area contributed by atoms with E-state index in [9.17, 15) is 0 Å². The maximum absolute atomic E-state index is 8.13. The Bertz CT molecular complexity index is 53.0. The quantitative estimate of drug-likeness (QED) is 0.262. The number of rotatable bonds is 4. The zero-order valence-electron chi connectivity index (χ0n) is 5.99. The topological polar surface area (TPSA) is 102 Å². The van der Waals surface area contributed by atoms with E-state index >= 15 is 0 Å². The van der Waals surface area contributed by atoms with Gasteiger partial charge in [-0.2, -0.15) is 0 Å². The first-order valence-corrected chi connectivity index (χ1v) is 2.89. The van der Waals surface area contributed by atoms with E-state index in [1.807, 2.05) is 6.92 Å². The SMILES string of the molecule is CCNCCN(O)O.NO. The van der Waals surface area contributed by atoms with Gasteiger partial charge in [-0.15, -0.1) is 0 Å². The smallest absolute Gasteiger partial charge is 0.0637 e. The van der Waals surface area contributed by atoms with E-state index in [1.165, 1.54) is 0 Å². The molecule has 0 saturated heterocycles. The van der Waals surface area contributed by atoms with Crippen molar-refractivity contribution in [2.45, 2.75) is 6.92 Å². The van der Waals surface area contributed by atoms with Crippen LogP contribution in [0.3, 0.4) is 0 Å². The van der Waals surface area contributed by atoms with Gasteiger partial charge in [0.15, 0.2) is 0 Å².